The minimum absolute atomic E-state index is 0.344. The van der Waals surface area contributed by atoms with Crippen molar-refractivity contribution in [2.24, 2.45) is 5.92 Å². The second-order valence-electron chi connectivity index (χ2n) is 7.07. The molecule has 0 aliphatic carbocycles. The Balaban J connectivity index is 1.29. The first-order chi connectivity index (χ1) is 12.6. The molecule has 1 saturated heterocycles. The van der Waals surface area contributed by atoms with Gasteiger partial charge < -0.3 is 4.74 Å². The van der Waals surface area contributed by atoms with E-state index in [1.54, 1.807) is 29.5 Å². The fourth-order valence-corrected chi connectivity index (χ4v) is 5.46. The number of thiophene rings is 1. The summed E-state index contributed by atoms with van der Waals surface area (Å²) in [7, 11) is -3.45. The molecule has 1 fully saturated rings. The van der Waals surface area contributed by atoms with Gasteiger partial charge in [0.15, 0.2) is 0 Å². The highest BCUT2D eigenvalue weighted by Gasteiger charge is 2.23. The van der Waals surface area contributed by atoms with Crippen LogP contribution < -0.4 is 9.46 Å². The van der Waals surface area contributed by atoms with Gasteiger partial charge in [-0.15, -0.1) is 0 Å². The van der Waals surface area contributed by atoms with Crippen molar-refractivity contribution in [2.75, 3.05) is 26.2 Å². The average molecular weight is 393 g/mol. The third-order valence-electron chi connectivity index (χ3n) is 5.23. The Morgan fingerprint density at radius 1 is 1.23 bits per heavy atom. The number of likely N-dealkylation sites (tertiary alicyclic amines) is 1. The largest absolute Gasteiger partial charge is 0.493 e. The van der Waals surface area contributed by atoms with Crippen molar-refractivity contribution in [3.05, 3.63) is 46.2 Å². The molecule has 3 heterocycles. The van der Waals surface area contributed by atoms with Crippen molar-refractivity contribution >= 4 is 21.4 Å². The standard InChI is InChI=1S/C19H24N2O3S2/c22-26(23,18-1-2-19-17(11-18)5-9-24-19)20-12-15-3-7-21(8-4-15)13-16-6-10-25-14-16/h1-2,6,10-11,14-15,20H,3-5,7-9,12-13H2. The summed E-state index contributed by atoms with van der Waals surface area (Å²) < 4.78 is 33.4. The van der Waals surface area contributed by atoms with Crippen molar-refractivity contribution < 1.29 is 13.2 Å². The normalized spacial score (nSPS) is 18.6. The highest BCUT2D eigenvalue weighted by atomic mass is 32.2. The van der Waals surface area contributed by atoms with Crippen LogP contribution >= 0.6 is 11.3 Å². The highest BCUT2D eigenvalue weighted by molar-refractivity contribution is 7.89. The van der Waals surface area contributed by atoms with E-state index in [9.17, 15) is 8.42 Å². The van der Waals surface area contributed by atoms with Gasteiger partial charge in [0.05, 0.1) is 11.5 Å². The molecule has 5 nitrogen and oxygen atoms in total. The molecule has 26 heavy (non-hydrogen) atoms. The number of rotatable bonds is 6. The van der Waals surface area contributed by atoms with E-state index < -0.39 is 10.0 Å². The van der Waals surface area contributed by atoms with Crippen LogP contribution in [0, 0.1) is 5.92 Å². The Morgan fingerprint density at radius 3 is 2.85 bits per heavy atom. The van der Waals surface area contributed by atoms with Gasteiger partial charge in [0, 0.05) is 19.5 Å². The minimum Gasteiger partial charge on any atom is -0.493 e. The van der Waals surface area contributed by atoms with Gasteiger partial charge in [-0.2, -0.15) is 11.3 Å². The zero-order valence-corrected chi connectivity index (χ0v) is 16.3. The van der Waals surface area contributed by atoms with Gasteiger partial charge >= 0.3 is 0 Å². The summed E-state index contributed by atoms with van der Waals surface area (Å²) in [5.74, 6) is 1.21. The lowest BCUT2D eigenvalue weighted by Crippen LogP contribution is -2.38. The van der Waals surface area contributed by atoms with Gasteiger partial charge in [-0.1, -0.05) is 0 Å². The summed E-state index contributed by atoms with van der Waals surface area (Å²) in [5.41, 5.74) is 2.35. The van der Waals surface area contributed by atoms with Gasteiger partial charge in [0.2, 0.25) is 10.0 Å². The van der Waals surface area contributed by atoms with Crippen molar-refractivity contribution in [2.45, 2.75) is 30.7 Å². The Labute approximate surface area is 159 Å². The highest BCUT2D eigenvalue weighted by Crippen LogP contribution is 2.27. The Hall–Kier alpha value is -1.41. The molecule has 0 bridgehead atoms. The summed E-state index contributed by atoms with van der Waals surface area (Å²) in [6, 6.07) is 7.32. The number of fused-ring (bicyclic) bond motifs is 1. The number of sulfonamides is 1. The lowest BCUT2D eigenvalue weighted by molar-refractivity contribution is 0.179. The molecule has 0 spiro atoms. The van der Waals surface area contributed by atoms with E-state index >= 15 is 0 Å². The Bertz CT molecular complexity index is 842. The summed E-state index contributed by atoms with van der Waals surface area (Å²) >= 11 is 1.73. The zero-order valence-electron chi connectivity index (χ0n) is 14.7. The molecule has 4 rings (SSSR count). The van der Waals surface area contributed by atoms with Crippen LogP contribution in [0.15, 0.2) is 39.9 Å². The molecular formula is C19H24N2O3S2. The quantitative estimate of drug-likeness (QED) is 0.821. The lowest BCUT2D eigenvalue weighted by Gasteiger charge is -2.31. The van der Waals surface area contributed by atoms with E-state index in [2.05, 4.69) is 26.4 Å². The summed E-state index contributed by atoms with van der Waals surface area (Å²) in [6.07, 6.45) is 2.84. The molecule has 1 aromatic carbocycles. The van der Waals surface area contributed by atoms with Gasteiger partial charge in [0.25, 0.3) is 0 Å². The van der Waals surface area contributed by atoms with E-state index in [-0.39, 0.29) is 0 Å². The maximum Gasteiger partial charge on any atom is 0.240 e. The van der Waals surface area contributed by atoms with Crippen LogP contribution in [0.2, 0.25) is 0 Å². The number of hydrogen-bond acceptors (Lipinski definition) is 5. The SMILES string of the molecule is O=S(=O)(NCC1CCN(Cc2ccsc2)CC1)c1ccc2c(c1)CCO2. The van der Waals surface area contributed by atoms with Gasteiger partial charge in [0.1, 0.15) is 5.75 Å². The molecule has 140 valence electrons. The van der Waals surface area contributed by atoms with Crippen LogP contribution in [0.1, 0.15) is 24.0 Å². The smallest absolute Gasteiger partial charge is 0.240 e. The van der Waals surface area contributed by atoms with E-state index in [0.717, 1.165) is 50.2 Å². The number of nitrogens with zero attached hydrogens (tertiary/aromatic N) is 1. The van der Waals surface area contributed by atoms with Gasteiger partial charge in [-0.3, -0.25) is 4.90 Å². The molecule has 0 amide bonds. The van der Waals surface area contributed by atoms with Crippen LogP contribution in [-0.2, 0) is 23.0 Å². The molecule has 0 saturated carbocycles. The molecule has 2 aliphatic heterocycles. The molecule has 0 radical (unpaired) electrons. The van der Waals surface area contributed by atoms with Crippen LogP contribution in [0.4, 0.5) is 0 Å². The molecule has 1 aromatic heterocycles. The van der Waals surface area contributed by atoms with Crippen LogP contribution in [0.5, 0.6) is 5.75 Å². The Morgan fingerprint density at radius 2 is 2.08 bits per heavy atom. The van der Waals surface area contributed by atoms with Gasteiger partial charge in [-0.25, -0.2) is 13.1 Å². The van der Waals surface area contributed by atoms with E-state index in [4.69, 9.17) is 4.74 Å². The van der Waals surface area contributed by atoms with Crippen LogP contribution in [-0.4, -0.2) is 39.6 Å². The topological polar surface area (TPSA) is 58.6 Å². The molecule has 2 aliphatic rings. The summed E-state index contributed by atoms with van der Waals surface area (Å²) in [4.78, 5) is 2.80. The van der Waals surface area contributed by atoms with Crippen molar-refractivity contribution in [1.29, 1.82) is 0 Å². The predicted octanol–water partition coefficient (Wildman–Crippen LogP) is 2.87. The molecule has 7 heteroatoms. The van der Waals surface area contributed by atoms with Crippen LogP contribution in [0.25, 0.3) is 0 Å². The Kier molecular flexibility index (Phi) is 5.31. The van der Waals surface area contributed by atoms with E-state index in [1.165, 1.54) is 5.56 Å². The second kappa shape index (κ2) is 7.68. The molecule has 0 unspecified atom stereocenters. The predicted molar refractivity (Wildman–Crippen MR) is 103 cm³/mol. The van der Waals surface area contributed by atoms with E-state index in [1.807, 2.05) is 0 Å². The lowest BCUT2D eigenvalue weighted by atomic mass is 9.97. The number of benzene rings is 1. The van der Waals surface area contributed by atoms with Crippen molar-refractivity contribution in [3.8, 4) is 5.75 Å². The fourth-order valence-electron chi connectivity index (χ4n) is 3.63. The zero-order chi connectivity index (χ0) is 18.0. The first-order valence-electron chi connectivity index (χ1n) is 9.09. The van der Waals surface area contributed by atoms with Gasteiger partial charge in [-0.05, 0) is 78.0 Å². The molecule has 2 aromatic rings. The van der Waals surface area contributed by atoms with Crippen LogP contribution in [0.3, 0.4) is 0 Å². The fraction of sp³-hybridized carbons (Fsp3) is 0.474. The van der Waals surface area contributed by atoms with E-state index in [0.29, 0.717) is 24.0 Å². The monoisotopic (exact) mass is 392 g/mol. The number of hydrogen-bond donors (Lipinski definition) is 1. The second-order valence-corrected chi connectivity index (χ2v) is 9.62. The van der Waals surface area contributed by atoms with Crippen molar-refractivity contribution in [1.82, 2.24) is 9.62 Å². The molecule has 0 atom stereocenters. The number of nitrogens with one attached hydrogen (secondary N) is 1. The molecule has 1 N–H and O–H groups in total. The minimum atomic E-state index is -3.45. The summed E-state index contributed by atoms with van der Waals surface area (Å²) in [5, 5.41) is 4.31. The maximum atomic E-state index is 12.6. The first-order valence-corrected chi connectivity index (χ1v) is 11.5. The number of piperidine rings is 1. The molecular weight excluding hydrogens is 368 g/mol. The number of ether oxygens (including phenoxy) is 1. The average Bonchev–Trinajstić information content (AvgIpc) is 3.32. The first kappa shape index (κ1) is 18.0. The summed E-state index contributed by atoms with van der Waals surface area (Å²) in [6.45, 7) is 4.20. The maximum absolute atomic E-state index is 12.6. The third kappa shape index (κ3) is 4.11. The van der Waals surface area contributed by atoms with Crippen molar-refractivity contribution in [3.63, 3.8) is 0 Å². The third-order valence-corrected chi connectivity index (χ3v) is 7.38.